The van der Waals surface area contributed by atoms with Crippen LogP contribution in [-0.2, 0) is 6.42 Å². The highest BCUT2D eigenvalue weighted by Crippen LogP contribution is 2.40. The van der Waals surface area contributed by atoms with Crippen LogP contribution in [0.3, 0.4) is 0 Å². The number of aromatic nitrogens is 4. The number of H-pyrrole nitrogens is 2. The summed E-state index contributed by atoms with van der Waals surface area (Å²) in [7, 11) is 0. The summed E-state index contributed by atoms with van der Waals surface area (Å²) in [5, 5.41) is 7.21. The summed E-state index contributed by atoms with van der Waals surface area (Å²) >= 11 is 3.62. The van der Waals surface area contributed by atoms with E-state index >= 15 is 0 Å². The molecule has 0 fully saturated rings. The second-order valence-electron chi connectivity index (χ2n) is 9.38. The van der Waals surface area contributed by atoms with Gasteiger partial charge >= 0.3 is 0 Å². The predicted octanol–water partition coefficient (Wildman–Crippen LogP) is 8.89. The van der Waals surface area contributed by atoms with Crippen LogP contribution in [0.4, 0.5) is 0 Å². The molecule has 0 atom stereocenters. The maximum absolute atomic E-state index is 4.88. The van der Waals surface area contributed by atoms with Gasteiger partial charge in [-0.2, -0.15) is 0 Å². The molecule has 0 aliphatic heterocycles. The third-order valence-electron chi connectivity index (χ3n) is 6.80. The highest BCUT2D eigenvalue weighted by atomic mass is 32.1. The summed E-state index contributed by atoms with van der Waals surface area (Å²) in [6.07, 6.45) is 2.86. The van der Waals surface area contributed by atoms with Gasteiger partial charge in [-0.25, -0.2) is 9.97 Å². The number of fused-ring (bicyclic) bond motifs is 7. The SMILES string of the molecule is CCc1nc2c3ccsc3c3cc(-c4ccc5cc(-c6cnc(C(C)C)[nH]6)sc5c4)ccc3c2[nH]1. The zero-order valence-electron chi connectivity index (χ0n) is 19.8. The maximum atomic E-state index is 4.88. The molecule has 2 N–H and O–H groups in total. The van der Waals surface area contributed by atoms with E-state index < -0.39 is 0 Å². The lowest BCUT2D eigenvalue weighted by Crippen LogP contribution is -1.88. The van der Waals surface area contributed by atoms with Crippen molar-refractivity contribution in [1.82, 2.24) is 19.9 Å². The lowest BCUT2D eigenvalue weighted by molar-refractivity contribution is 0.795. The van der Waals surface area contributed by atoms with Crippen LogP contribution in [0.15, 0.2) is 60.1 Å². The molecule has 3 aromatic carbocycles. The second-order valence-corrected chi connectivity index (χ2v) is 11.4. The van der Waals surface area contributed by atoms with Crippen LogP contribution in [0.2, 0.25) is 0 Å². The Bertz CT molecular complexity index is 1880. The molecule has 172 valence electrons. The van der Waals surface area contributed by atoms with Crippen molar-refractivity contribution < 1.29 is 0 Å². The fraction of sp³-hybridized carbons (Fsp3) is 0.172. The molecule has 0 aliphatic carbocycles. The molecule has 0 spiro atoms. The van der Waals surface area contributed by atoms with Gasteiger partial charge < -0.3 is 9.97 Å². The van der Waals surface area contributed by atoms with Crippen LogP contribution >= 0.6 is 22.7 Å². The Kier molecular flexibility index (Phi) is 4.63. The number of hydrogen-bond donors (Lipinski definition) is 2. The molecule has 6 heteroatoms. The van der Waals surface area contributed by atoms with Crippen LogP contribution in [0.1, 0.15) is 38.3 Å². The number of aryl methyl sites for hydroxylation is 1. The molecule has 0 saturated carbocycles. The number of nitrogens with zero attached hydrogens (tertiary/aromatic N) is 2. The fourth-order valence-electron chi connectivity index (χ4n) is 4.91. The quantitative estimate of drug-likeness (QED) is 0.258. The molecule has 7 aromatic rings. The van der Waals surface area contributed by atoms with Crippen molar-refractivity contribution >= 4 is 64.7 Å². The molecular weight excluding hydrogens is 468 g/mol. The summed E-state index contributed by atoms with van der Waals surface area (Å²) in [4.78, 5) is 17.7. The monoisotopic (exact) mass is 492 g/mol. The Hall–Kier alpha value is -3.48. The summed E-state index contributed by atoms with van der Waals surface area (Å²) in [5.41, 5.74) is 5.81. The largest absolute Gasteiger partial charge is 0.341 e. The van der Waals surface area contributed by atoms with Crippen molar-refractivity contribution in [3.63, 3.8) is 0 Å². The molecule has 4 heterocycles. The van der Waals surface area contributed by atoms with Crippen molar-refractivity contribution in [1.29, 1.82) is 0 Å². The number of rotatable bonds is 4. The predicted molar refractivity (Wildman–Crippen MR) is 151 cm³/mol. The molecule has 4 aromatic heterocycles. The molecule has 4 nitrogen and oxygen atoms in total. The van der Waals surface area contributed by atoms with E-state index in [4.69, 9.17) is 4.98 Å². The normalized spacial score (nSPS) is 12.2. The van der Waals surface area contributed by atoms with E-state index in [-0.39, 0.29) is 0 Å². The van der Waals surface area contributed by atoms with Crippen LogP contribution in [0, 0.1) is 0 Å². The molecule has 7 rings (SSSR count). The third-order valence-corrected chi connectivity index (χ3v) is 8.88. The van der Waals surface area contributed by atoms with Gasteiger partial charge in [0.25, 0.3) is 0 Å². The summed E-state index contributed by atoms with van der Waals surface area (Å²) in [6, 6.07) is 18.1. The number of thiophene rings is 2. The van der Waals surface area contributed by atoms with E-state index in [1.54, 1.807) is 11.3 Å². The van der Waals surface area contributed by atoms with Gasteiger partial charge in [-0.05, 0) is 46.2 Å². The van der Waals surface area contributed by atoms with Gasteiger partial charge in [0.2, 0.25) is 0 Å². The van der Waals surface area contributed by atoms with Crippen molar-refractivity contribution in [2.45, 2.75) is 33.1 Å². The Balaban J connectivity index is 1.36. The Morgan fingerprint density at radius 1 is 0.914 bits per heavy atom. The summed E-state index contributed by atoms with van der Waals surface area (Å²) in [6.45, 7) is 6.46. The molecule has 0 bridgehead atoms. The van der Waals surface area contributed by atoms with E-state index in [0.717, 1.165) is 34.8 Å². The van der Waals surface area contributed by atoms with E-state index in [9.17, 15) is 0 Å². The van der Waals surface area contributed by atoms with Gasteiger partial charge in [0.1, 0.15) is 11.6 Å². The molecule has 0 unspecified atom stereocenters. The third kappa shape index (κ3) is 3.24. The van der Waals surface area contributed by atoms with E-state index in [1.165, 1.54) is 46.9 Å². The van der Waals surface area contributed by atoms with E-state index in [0.29, 0.717) is 5.92 Å². The molecule has 0 aliphatic rings. The van der Waals surface area contributed by atoms with Crippen LogP contribution in [0.5, 0.6) is 0 Å². The average Bonchev–Trinajstić information content (AvgIpc) is 3.66. The first-order valence-electron chi connectivity index (χ1n) is 12.0. The van der Waals surface area contributed by atoms with Crippen molar-refractivity contribution in [2.24, 2.45) is 0 Å². The summed E-state index contributed by atoms with van der Waals surface area (Å²) < 4.78 is 2.60. The van der Waals surface area contributed by atoms with Gasteiger partial charge in [-0.1, -0.05) is 45.0 Å². The number of imidazole rings is 2. The van der Waals surface area contributed by atoms with Gasteiger partial charge in [0.05, 0.1) is 27.8 Å². The van der Waals surface area contributed by atoms with Crippen LogP contribution < -0.4 is 0 Å². The Morgan fingerprint density at radius 2 is 1.77 bits per heavy atom. The van der Waals surface area contributed by atoms with Gasteiger partial charge in [-0.15, -0.1) is 22.7 Å². The molecular formula is C29H24N4S2. The van der Waals surface area contributed by atoms with Crippen LogP contribution in [-0.4, -0.2) is 19.9 Å². The van der Waals surface area contributed by atoms with Crippen LogP contribution in [0.25, 0.3) is 63.7 Å². The smallest absolute Gasteiger partial charge is 0.109 e. The van der Waals surface area contributed by atoms with Crippen molar-refractivity contribution in [3.05, 3.63) is 71.8 Å². The lowest BCUT2D eigenvalue weighted by atomic mass is 9.99. The van der Waals surface area contributed by atoms with Gasteiger partial charge in [0, 0.05) is 37.9 Å². The van der Waals surface area contributed by atoms with Gasteiger partial charge in [0.15, 0.2) is 0 Å². The standard InChI is InChI=1S/C29H24N4S2/c1-4-25-32-26-19-8-7-16(11-21(19)28-20(9-10-34-28)27(26)33-25)17-5-6-18-13-24(35-23(18)12-17)22-14-30-29(31-22)15(2)3/h5-15H,4H2,1-3H3,(H,30,31)(H,32,33). The minimum Gasteiger partial charge on any atom is -0.341 e. The zero-order valence-corrected chi connectivity index (χ0v) is 21.4. The highest BCUT2D eigenvalue weighted by molar-refractivity contribution is 7.22. The zero-order chi connectivity index (χ0) is 23.7. The molecule has 0 saturated heterocycles. The lowest BCUT2D eigenvalue weighted by Gasteiger charge is -2.07. The number of hydrogen-bond acceptors (Lipinski definition) is 4. The van der Waals surface area contributed by atoms with E-state index in [2.05, 4.69) is 89.6 Å². The number of aromatic amines is 2. The average molecular weight is 493 g/mol. The highest BCUT2D eigenvalue weighted by Gasteiger charge is 2.15. The molecule has 35 heavy (non-hydrogen) atoms. The maximum Gasteiger partial charge on any atom is 0.109 e. The van der Waals surface area contributed by atoms with Crippen molar-refractivity contribution in [2.75, 3.05) is 0 Å². The number of benzene rings is 3. The second kappa shape index (κ2) is 7.77. The first kappa shape index (κ1) is 20.9. The van der Waals surface area contributed by atoms with E-state index in [1.807, 2.05) is 17.5 Å². The minimum absolute atomic E-state index is 0.393. The summed E-state index contributed by atoms with van der Waals surface area (Å²) in [5.74, 6) is 2.47. The Labute approximate surface area is 210 Å². The topological polar surface area (TPSA) is 57.4 Å². The molecule has 0 amide bonds. The van der Waals surface area contributed by atoms with Crippen molar-refractivity contribution in [3.8, 4) is 21.7 Å². The first-order chi connectivity index (χ1) is 17.1. The Morgan fingerprint density at radius 3 is 2.60 bits per heavy atom. The first-order valence-corrected chi connectivity index (χ1v) is 13.7. The number of nitrogens with one attached hydrogen (secondary N) is 2. The minimum atomic E-state index is 0.393. The fourth-order valence-corrected chi connectivity index (χ4v) is 6.91. The van der Waals surface area contributed by atoms with Gasteiger partial charge in [-0.3, -0.25) is 0 Å². The molecule has 0 radical (unpaired) electrons.